The van der Waals surface area contributed by atoms with Gasteiger partial charge in [0.05, 0.1) is 26.2 Å². The van der Waals surface area contributed by atoms with E-state index in [1.165, 1.54) is 14.2 Å². The number of esters is 1. The van der Waals surface area contributed by atoms with Crippen LogP contribution in [0, 0.1) is 0 Å². The number of benzene rings is 1. The third kappa shape index (κ3) is 5.14. The average molecular weight is 304 g/mol. The lowest BCUT2D eigenvalue weighted by Gasteiger charge is -2.14. The van der Waals surface area contributed by atoms with Crippen LogP contribution in [0.1, 0.15) is 0 Å². The van der Waals surface area contributed by atoms with Crippen LogP contribution in [0.25, 0.3) is 0 Å². The number of rotatable bonds is 8. The van der Waals surface area contributed by atoms with Crippen molar-refractivity contribution in [2.24, 2.45) is 0 Å². The summed E-state index contributed by atoms with van der Waals surface area (Å²) >= 11 is 5.51. The summed E-state index contributed by atoms with van der Waals surface area (Å²) in [6.45, 7) is 0.139. The summed E-state index contributed by atoms with van der Waals surface area (Å²) in [5.41, 5.74) is 0.747. The van der Waals surface area contributed by atoms with E-state index in [-0.39, 0.29) is 12.5 Å². The number of anilines is 1. The number of nitrogens with one attached hydrogen (secondary N) is 1. The average Bonchev–Trinajstić information content (AvgIpc) is 2.50. The molecular weight excluding hydrogens is 286 g/mol. The molecule has 0 saturated carbocycles. The fourth-order valence-corrected chi connectivity index (χ4v) is 1.49. The van der Waals surface area contributed by atoms with Crippen molar-refractivity contribution in [3.05, 3.63) is 18.2 Å². The number of hydrogen-bond acceptors (Lipinski definition) is 6. The summed E-state index contributed by atoms with van der Waals surface area (Å²) in [6.07, 6.45) is -0.627. The van der Waals surface area contributed by atoms with Crippen molar-refractivity contribution in [1.29, 1.82) is 0 Å². The number of alkyl halides is 1. The van der Waals surface area contributed by atoms with E-state index in [0.29, 0.717) is 18.0 Å². The zero-order valence-electron chi connectivity index (χ0n) is 11.4. The highest BCUT2D eigenvalue weighted by Gasteiger charge is 2.09. The minimum Gasteiger partial charge on any atom is -0.493 e. The first-order chi connectivity index (χ1) is 9.60. The Kier molecular flexibility index (Phi) is 6.97. The number of aliphatic hydroxyl groups is 1. The quantitative estimate of drug-likeness (QED) is 0.556. The maximum atomic E-state index is 11.0. The molecule has 0 heterocycles. The minimum atomic E-state index is -0.627. The lowest BCUT2D eigenvalue weighted by molar-refractivity contribution is -0.142. The maximum Gasteiger partial charge on any atom is 0.343 e. The van der Waals surface area contributed by atoms with Gasteiger partial charge in [0.25, 0.3) is 0 Å². The normalized spacial score (nSPS) is 11.6. The highest BCUT2D eigenvalue weighted by molar-refractivity contribution is 6.18. The Hall–Kier alpha value is -1.66. The molecule has 1 rings (SSSR count). The van der Waals surface area contributed by atoms with Gasteiger partial charge in [0, 0.05) is 18.3 Å². The van der Waals surface area contributed by atoms with Crippen molar-refractivity contribution < 1.29 is 24.1 Å². The number of hydrogen-bond donors (Lipinski definition) is 2. The van der Waals surface area contributed by atoms with Crippen LogP contribution < -0.4 is 14.8 Å². The van der Waals surface area contributed by atoms with Gasteiger partial charge in [0.15, 0.2) is 18.1 Å². The van der Waals surface area contributed by atoms with Gasteiger partial charge in [-0.05, 0) is 12.1 Å². The van der Waals surface area contributed by atoms with E-state index >= 15 is 0 Å². The summed E-state index contributed by atoms with van der Waals surface area (Å²) in [7, 11) is 2.79. The van der Waals surface area contributed by atoms with Gasteiger partial charge in [-0.2, -0.15) is 0 Å². The van der Waals surface area contributed by atoms with E-state index < -0.39 is 12.1 Å². The second kappa shape index (κ2) is 8.50. The zero-order valence-corrected chi connectivity index (χ0v) is 12.1. The topological polar surface area (TPSA) is 77.0 Å². The summed E-state index contributed by atoms with van der Waals surface area (Å²) in [4.78, 5) is 11.0. The van der Waals surface area contributed by atoms with Gasteiger partial charge in [0.2, 0.25) is 0 Å². The second-order valence-electron chi connectivity index (χ2n) is 3.92. The molecule has 1 unspecified atom stereocenters. The second-order valence-corrected chi connectivity index (χ2v) is 4.23. The fraction of sp³-hybridized carbons (Fsp3) is 0.462. The third-order valence-electron chi connectivity index (χ3n) is 2.46. The molecule has 0 aromatic heterocycles. The first kappa shape index (κ1) is 16.4. The van der Waals surface area contributed by atoms with Crippen molar-refractivity contribution in [1.82, 2.24) is 0 Å². The van der Waals surface area contributed by atoms with Crippen LogP contribution in [0.4, 0.5) is 5.69 Å². The lowest BCUT2D eigenvalue weighted by Crippen LogP contribution is -2.20. The minimum absolute atomic E-state index is 0.157. The molecule has 7 heteroatoms. The van der Waals surface area contributed by atoms with Gasteiger partial charge in [-0.15, -0.1) is 11.6 Å². The van der Waals surface area contributed by atoms with Crippen molar-refractivity contribution >= 4 is 23.3 Å². The molecule has 1 aromatic rings. The SMILES string of the molecule is COC(=O)COc1ccc(NCC(O)CCl)cc1OC. The van der Waals surface area contributed by atoms with Crippen LogP contribution in [0.3, 0.4) is 0 Å². The van der Waals surface area contributed by atoms with Crippen molar-refractivity contribution in [3.63, 3.8) is 0 Å². The van der Waals surface area contributed by atoms with Crippen molar-refractivity contribution in [2.75, 3.05) is 38.6 Å². The molecule has 0 aliphatic carbocycles. The number of carbonyl (C=O) groups excluding carboxylic acids is 1. The molecule has 1 aromatic carbocycles. The Labute approximate surface area is 122 Å². The van der Waals surface area contributed by atoms with Gasteiger partial charge in [-0.1, -0.05) is 0 Å². The van der Waals surface area contributed by atoms with E-state index in [4.69, 9.17) is 21.1 Å². The molecule has 0 radical (unpaired) electrons. The molecule has 0 saturated heterocycles. The first-order valence-electron chi connectivity index (χ1n) is 5.96. The molecule has 0 aliphatic rings. The Morgan fingerprint density at radius 2 is 2.15 bits per heavy atom. The molecule has 6 nitrogen and oxygen atoms in total. The summed E-state index contributed by atoms with van der Waals surface area (Å²) in [5.74, 6) is 0.588. The molecular formula is C13H18ClNO5. The van der Waals surface area contributed by atoms with Crippen LogP contribution in [-0.2, 0) is 9.53 Å². The van der Waals surface area contributed by atoms with Gasteiger partial charge in [-0.3, -0.25) is 0 Å². The smallest absolute Gasteiger partial charge is 0.343 e. The summed E-state index contributed by atoms with van der Waals surface area (Å²) in [5, 5.41) is 12.4. The van der Waals surface area contributed by atoms with Crippen LogP contribution in [0.15, 0.2) is 18.2 Å². The van der Waals surface area contributed by atoms with E-state index in [0.717, 1.165) is 5.69 Å². The van der Waals surface area contributed by atoms with E-state index in [2.05, 4.69) is 10.1 Å². The van der Waals surface area contributed by atoms with E-state index in [9.17, 15) is 9.90 Å². The van der Waals surface area contributed by atoms with Gasteiger partial charge in [-0.25, -0.2) is 4.79 Å². The van der Waals surface area contributed by atoms with Crippen LogP contribution in [-0.4, -0.2) is 50.4 Å². The third-order valence-corrected chi connectivity index (χ3v) is 2.81. The summed E-state index contributed by atoms with van der Waals surface area (Å²) < 4.78 is 15.0. The van der Waals surface area contributed by atoms with E-state index in [1.54, 1.807) is 18.2 Å². The van der Waals surface area contributed by atoms with Gasteiger partial charge >= 0.3 is 5.97 Å². The Balaban J connectivity index is 2.67. The number of carbonyl (C=O) groups is 1. The van der Waals surface area contributed by atoms with Crippen LogP contribution in [0.5, 0.6) is 11.5 Å². The van der Waals surface area contributed by atoms with Crippen LogP contribution >= 0.6 is 11.6 Å². The number of aliphatic hydroxyl groups excluding tert-OH is 1. The summed E-state index contributed by atoms with van der Waals surface area (Å²) in [6, 6.07) is 5.11. The molecule has 112 valence electrons. The van der Waals surface area contributed by atoms with Gasteiger partial charge in [0.1, 0.15) is 0 Å². The molecule has 0 aliphatic heterocycles. The monoisotopic (exact) mass is 303 g/mol. The standard InChI is InChI=1S/C13H18ClNO5/c1-18-12-5-9(15-7-10(16)6-14)3-4-11(12)20-8-13(17)19-2/h3-5,10,15-16H,6-8H2,1-2H3. The van der Waals surface area contributed by atoms with Crippen molar-refractivity contribution in [2.45, 2.75) is 6.10 Å². The molecule has 20 heavy (non-hydrogen) atoms. The molecule has 0 amide bonds. The van der Waals surface area contributed by atoms with Gasteiger partial charge < -0.3 is 24.6 Å². The molecule has 0 fully saturated rings. The molecule has 1 atom stereocenters. The fourth-order valence-electron chi connectivity index (χ4n) is 1.38. The zero-order chi connectivity index (χ0) is 15.0. The van der Waals surface area contributed by atoms with E-state index in [1.807, 2.05) is 0 Å². The Bertz CT molecular complexity index is 441. The predicted molar refractivity (Wildman–Crippen MR) is 75.7 cm³/mol. The highest BCUT2D eigenvalue weighted by atomic mass is 35.5. The number of halogens is 1. The molecule has 0 bridgehead atoms. The number of methoxy groups -OCH3 is 2. The van der Waals surface area contributed by atoms with Crippen LogP contribution in [0.2, 0.25) is 0 Å². The molecule has 2 N–H and O–H groups in total. The highest BCUT2D eigenvalue weighted by Crippen LogP contribution is 2.30. The number of ether oxygens (including phenoxy) is 3. The Morgan fingerprint density at radius 1 is 1.40 bits per heavy atom. The predicted octanol–water partition coefficient (Wildman–Crippen LogP) is 1.26. The Morgan fingerprint density at radius 3 is 2.75 bits per heavy atom. The van der Waals surface area contributed by atoms with Crippen molar-refractivity contribution in [3.8, 4) is 11.5 Å². The molecule has 0 spiro atoms. The first-order valence-corrected chi connectivity index (χ1v) is 6.49. The lowest BCUT2D eigenvalue weighted by atomic mass is 10.2. The maximum absolute atomic E-state index is 11.0. The largest absolute Gasteiger partial charge is 0.493 e.